The molecule has 11 heteroatoms. The molecular weight excluding hydrogens is 751 g/mol. The van der Waals surface area contributed by atoms with Gasteiger partial charge in [0.1, 0.15) is 0 Å². The second-order valence-corrected chi connectivity index (χ2v) is 22.8. The van der Waals surface area contributed by atoms with Gasteiger partial charge in [0.2, 0.25) is 15.9 Å². The predicted octanol–water partition coefficient (Wildman–Crippen LogP) is 13.5. The lowest BCUT2D eigenvalue weighted by Gasteiger charge is -2.36. The third-order valence-electron chi connectivity index (χ3n) is 11.7. The maximum Gasteiger partial charge on any atom is 0.269 e. The van der Waals surface area contributed by atoms with Gasteiger partial charge in [0.25, 0.3) is 5.69 Å². The van der Waals surface area contributed by atoms with Crippen LogP contribution in [0.1, 0.15) is 202 Å². The summed E-state index contributed by atoms with van der Waals surface area (Å²) in [5, 5.41) is 14.4. The first-order chi connectivity index (χ1) is 27.6. The van der Waals surface area contributed by atoms with E-state index in [2.05, 4.69) is 56.8 Å². The lowest BCUT2D eigenvalue weighted by atomic mass is 10.0. The Morgan fingerprint density at radius 3 is 1.53 bits per heavy atom. The SMILES string of the molecule is CCCCCCCCCCCCC/C=C/[C@@H](O[Si](CC)(CC)CC)[C@H](CNS(=O)(=O)c1ccc([N+](=O)[O-])cc1)NC(=O)CCCCCCCCCCCCCCC. The van der Waals surface area contributed by atoms with Crippen LogP contribution in [0.15, 0.2) is 41.3 Å². The van der Waals surface area contributed by atoms with Crippen molar-refractivity contribution < 1.29 is 22.6 Å². The van der Waals surface area contributed by atoms with E-state index < -0.39 is 35.4 Å². The molecule has 9 nitrogen and oxygen atoms in total. The summed E-state index contributed by atoms with van der Waals surface area (Å²) in [4.78, 5) is 24.1. The molecule has 0 spiro atoms. The predicted molar refractivity (Wildman–Crippen MR) is 243 cm³/mol. The van der Waals surface area contributed by atoms with Crippen LogP contribution < -0.4 is 10.0 Å². The average Bonchev–Trinajstić information content (AvgIpc) is 3.21. The van der Waals surface area contributed by atoms with Crippen molar-refractivity contribution in [2.24, 2.45) is 0 Å². The third-order valence-corrected chi connectivity index (χ3v) is 17.8. The molecule has 1 rings (SSSR count). The van der Waals surface area contributed by atoms with Crippen LogP contribution in [-0.4, -0.2) is 46.3 Å². The minimum absolute atomic E-state index is 0.0568. The highest BCUT2D eigenvalue weighted by Gasteiger charge is 2.35. The highest BCUT2D eigenvalue weighted by Crippen LogP contribution is 2.26. The van der Waals surface area contributed by atoms with Crippen LogP contribution in [0.5, 0.6) is 0 Å². The number of rotatable bonds is 39. The summed E-state index contributed by atoms with van der Waals surface area (Å²) in [6, 6.07) is 7.04. The molecule has 1 aromatic rings. The lowest BCUT2D eigenvalue weighted by Crippen LogP contribution is -2.54. The number of nitrogens with one attached hydrogen (secondary N) is 2. The molecule has 0 aromatic heterocycles. The molecule has 0 heterocycles. The number of unbranched alkanes of at least 4 members (excludes halogenated alkanes) is 23. The normalized spacial score (nSPS) is 13.3. The van der Waals surface area contributed by atoms with Gasteiger partial charge in [-0.1, -0.05) is 188 Å². The zero-order valence-electron chi connectivity index (χ0n) is 37.1. The van der Waals surface area contributed by atoms with E-state index in [1.54, 1.807) is 0 Å². The van der Waals surface area contributed by atoms with Crippen LogP contribution in [-0.2, 0) is 19.2 Å². The number of hydrogen-bond donors (Lipinski definition) is 2. The second-order valence-electron chi connectivity index (χ2n) is 16.3. The molecule has 0 fully saturated rings. The molecule has 0 aliphatic carbocycles. The third kappa shape index (κ3) is 25.2. The number of carbonyl (C=O) groups excluding carboxylic acids is 1. The van der Waals surface area contributed by atoms with Crippen LogP contribution in [0.3, 0.4) is 0 Å². The number of sulfonamides is 1. The minimum atomic E-state index is -4.01. The van der Waals surface area contributed by atoms with Crippen molar-refractivity contribution in [1.82, 2.24) is 10.0 Å². The number of nitro groups is 1. The Morgan fingerprint density at radius 2 is 1.11 bits per heavy atom. The van der Waals surface area contributed by atoms with Crippen molar-refractivity contribution in [2.45, 2.75) is 237 Å². The Bertz CT molecular complexity index is 1280. The van der Waals surface area contributed by atoms with Crippen molar-refractivity contribution in [2.75, 3.05) is 6.54 Å². The van der Waals surface area contributed by atoms with Crippen LogP contribution >= 0.6 is 0 Å². The van der Waals surface area contributed by atoms with Gasteiger partial charge in [-0.25, -0.2) is 13.1 Å². The van der Waals surface area contributed by atoms with E-state index in [9.17, 15) is 23.3 Å². The van der Waals surface area contributed by atoms with Gasteiger partial charge in [0, 0.05) is 25.1 Å². The largest absolute Gasteiger partial charge is 0.408 e. The summed E-state index contributed by atoms with van der Waals surface area (Å²) in [5.74, 6) is -0.0956. The minimum Gasteiger partial charge on any atom is -0.408 e. The molecule has 0 unspecified atom stereocenters. The van der Waals surface area contributed by atoms with Crippen LogP contribution in [0.2, 0.25) is 18.1 Å². The molecule has 0 saturated carbocycles. The summed E-state index contributed by atoms with van der Waals surface area (Å²) in [5.41, 5.74) is -0.177. The van der Waals surface area contributed by atoms with Gasteiger partial charge in [-0.15, -0.1) is 0 Å². The molecule has 0 bridgehead atoms. The van der Waals surface area contributed by atoms with Gasteiger partial charge in [-0.2, -0.15) is 0 Å². The first-order valence-corrected chi connectivity index (χ1v) is 27.5. The van der Waals surface area contributed by atoms with Gasteiger partial charge in [-0.05, 0) is 49.5 Å². The number of hydrogen-bond acceptors (Lipinski definition) is 6. The Morgan fingerprint density at radius 1 is 0.684 bits per heavy atom. The molecule has 2 N–H and O–H groups in total. The van der Waals surface area contributed by atoms with E-state index in [-0.39, 0.29) is 23.0 Å². The molecular formula is C46H85N3O6SSi. The van der Waals surface area contributed by atoms with Crippen molar-refractivity contribution in [1.29, 1.82) is 0 Å². The van der Waals surface area contributed by atoms with Gasteiger partial charge in [-0.3, -0.25) is 14.9 Å². The number of non-ortho nitro benzene ring substituents is 1. The Labute approximate surface area is 351 Å². The topological polar surface area (TPSA) is 128 Å². The summed E-state index contributed by atoms with van der Waals surface area (Å²) < 4.78 is 36.6. The van der Waals surface area contributed by atoms with E-state index in [0.717, 1.165) is 50.2 Å². The van der Waals surface area contributed by atoms with Gasteiger partial charge in [0.15, 0.2) is 8.32 Å². The van der Waals surface area contributed by atoms with Crippen molar-refractivity contribution in [3.63, 3.8) is 0 Å². The zero-order chi connectivity index (χ0) is 42.0. The average molecular weight is 836 g/mol. The van der Waals surface area contributed by atoms with Crippen LogP contribution in [0.25, 0.3) is 0 Å². The standard InChI is InChI=1S/C46H85N3O6SSi/c1-6-11-13-15-17-19-21-23-25-27-29-31-33-35-45(55-57(8-3,9-4)10-5)44(41-47-56(53,54)43-39-37-42(38-40-43)49(51)52)48-46(50)36-34-32-30-28-26-24-22-20-18-16-14-12-7-2/h33,35,37-40,44-45,47H,6-32,34,36,41H2,1-5H3,(H,48,50)/b35-33+/t44-,45+/m0/s1. The summed E-state index contributed by atoms with van der Waals surface area (Å²) >= 11 is 0. The maximum absolute atomic E-state index is 13.5. The molecule has 330 valence electrons. The lowest BCUT2D eigenvalue weighted by molar-refractivity contribution is -0.384. The Balaban J connectivity index is 2.92. The van der Waals surface area contributed by atoms with Gasteiger partial charge in [0.05, 0.1) is 22.0 Å². The number of amides is 1. The van der Waals surface area contributed by atoms with Crippen LogP contribution in [0, 0.1) is 10.1 Å². The molecule has 1 amide bonds. The zero-order valence-corrected chi connectivity index (χ0v) is 39.0. The fourth-order valence-corrected chi connectivity index (χ4v) is 11.4. The molecule has 0 aliphatic rings. The van der Waals surface area contributed by atoms with E-state index in [0.29, 0.717) is 6.42 Å². The molecule has 57 heavy (non-hydrogen) atoms. The first-order valence-electron chi connectivity index (χ1n) is 23.5. The van der Waals surface area contributed by atoms with E-state index in [1.807, 2.05) is 0 Å². The van der Waals surface area contributed by atoms with Crippen molar-refractivity contribution in [3.8, 4) is 0 Å². The number of benzene rings is 1. The van der Waals surface area contributed by atoms with E-state index >= 15 is 0 Å². The quantitative estimate of drug-likeness (QED) is 0.0223. The number of allylic oxidation sites excluding steroid dienone is 1. The Hall–Kier alpha value is -2.08. The molecule has 2 atom stereocenters. The fraction of sp³-hybridized carbons (Fsp3) is 0.804. The number of carbonyl (C=O) groups is 1. The smallest absolute Gasteiger partial charge is 0.269 e. The summed E-state index contributed by atoms with van der Waals surface area (Å²) in [6.45, 7) is 11.0. The van der Waals surface area contributed by atoms with E-state index in [4.69, 9.17) is 4.43 Å². The van der Waals surface area contributed by atoms with Crippen LogP contribution in [0.4, 0.5) is 5.69 Å². The number of nitro benzene ring substituents is 1. The summed E-state index contributed by atoms with van der Waals surface area (Å²) in [7, 11) is -6.17. The second kappa shape index (κ2) is 33.7. The monoisotopic (exact) mass is 836 g/mol. The van der Waals surface area contributed by atoms with Gasteiger partial charge >= 0.3 is 0 Å². The summed E-state index contributed by atoms with van der Waals surface area (Å²) in [6.07, 6.45) is 35.2. The fourth-order valence-electron chi connectivity index (χ4n) is 7.56. The highest BCUT2D eigenvalue weighted by atomic mass is 32.2. The van der Waals surface area contributed by atoms with E-state index in [1.165, 1.54) is 153 Å². The molecule has 1 aromatic carbocycles. The number of nitrogens with zero attached hydrogens (tertiary/aromatic N) is 1. The van der Waals surface area contributed by atoms with Crippen molar-refractivity contribution in [3.05, 3.63) is 46.5 Å². The maximum atomic E-state index is 13.5. The molecule has 0 aliphatic heterocycles. The highest BCUT2D eigenvalue weighted by molar-refractivity contribution is 7.89. The molecule has 0 saturated heterocycles. The van der Waals surface area contributed by atoms with Crippen molar-refractivity contribution >= 4 is 29.9 Å². The Kier molecular flexibility index (Phi) is 31.3. The molecule has 0 radical (unpaired) electrons. The first kappa shape index (κ1) is 52.9. The van der Waals surface area contributed by atoms with Gasteiger partial charge < -0.3 is 9.74 Å².